The molecule has 0 unspecified atom stereocenters. The van der Waals surface area contributed by atoms with Crippen LogP contribution < -0.4 is 4.90 Å². The monoisotopic (exact) mass is 278 g/mol. The van der Waals surface area contributed by atoms with E-state index in [9.17, 15) is 4.79 Å². The first-order valence-corrected chi connectivity index (χ1v) is 6.59. The minimum Gasteiger partial charge on any atom is -0.410 e. The van der Waals surface area contributed by atoms with Gasteiger partial charge < -0.3 is 19.6 Å². The van der Waals surface area contributed by atoms with Crippen molar-refractivity contribution in [2.45, 2.75) is 20.1 Å². The molecule has 108 valence electrons. The molecule has 6 nitrogen and oxygen atoms in total. The molecule has 1 N–H and O–H groups in total. The number of benzene rings is 1. The Kier molecular flexibility index (Phi) is 4.70. The van der Waals surface area contributed by atoms with Crippen LogP contribution in [-0.2, 0) is 14.3 Å². The Morgan fingerprint density at radius 2 is 1.90 bits per heavy atom. The van der Waals surface area contributed by atoms with Crippen LogP contribution in [-0.4, -0.2) is 42.9 Å². The zero-order chi connectivity index (χ0) is 14.5. The largest absolute Gasteiger partial charge is 0.410 e. The first-order valence-electron chi connectivity index (χ1n) is 6.59. The summed E-state index contributed by atoms with van der Waals surface area (Å²) in [7, 11) is 0. The normalized spacial score (nSPS) is 16.2. The minimum absolute atomic E-state index is 0.0485. The maximum atomic E-state index is 12.3. The molecule has 0 saturated heterocycles. The molecule has 6 heteroatoms. The Hall–Kier alpha value is -1.92. The molecule has 0 radical (unpaired) electrons. The third-order valence-corrected chi connectivity index (χ3v) is 3.03. The Morgan fingerprint density at radius 1 is 1.25 bits per heavy atom. The molecule has 1 heterocycles. The number of oxime groups is 1. The van der Waals surface area contributed by atoms with Gasteiger partial charge in [-0.15, -0.1) is 0 Å². The lowest BCUT2D eigenvalue weighted by Crippen LogP contribution is -2.39. The fraction of sp³-hybridized carbons (Fsp3) is 0.429. The SMILES string of the molecule is CCOC(CN1C(=O)/C(=N\O)c2ccccc21)OCC. The van der Waals surface area contributed by atoms with Crippen molar-refractivity contribution in [2.75, 3.05) is 24.7 Å². The summed E-state index contributed by atoms with van der Waals surface area (Å²) in [6, 6.07) is 7.18. The van der Waals surface area contributed by atoms with Crippen molar-refractivity contribution in [3.63, 3.8) is 0 Å². The van der Waals surface area contributed by atoms with Gasteiger partial charge in [-0.3, -0.25) is 4.79 Å². The molecule has 1 aromatic rings. The Morgan fingerprint density at radius 3 is 2.50 bits per heavy atom. The molecular formula is C14H18N2O4. The Balaban J connectivity index is 2.26. The number of carbonyl (C=O) groups is 1. The second kappa shape index (κ2) is 6.49. The van der Waals surface area contributed by atoms with E-state index < -0.39 is 6.29 Å². The molecule has 1 amide bonds. The predicted octanol–water partition coefficient (Wildman–Crippen LogP) is 1.61. The van der Waals surface area contributed by atoms with Crippen molar-refractivity contribution >= 4 is 17.3 Å². The van der Waals surface area contributed by atoms with Crippen LogP contribution in [0.15, 0.2) is 29.4 Å². The van der Waals surface area contributed by atoms with Crippen molar-refractivity contribution in [1.29, 1.82) is 0 Å². The predicted molar refractivity (Wildman–Crippen MR) is 74.2 cm³/mol. The topological polar surface area (TPSA) is 71.4 Å². The van der Waals surface area contributed by atoms with Crippen LogP contribution in [0, 0.1) is 0 Å². The summed E-state index contributed by atoms with van der Waals surface area (Å²) >= 11 is 0. The lowest BCUT2D eigenvalue weighted by molar-refractivity contribution is -0.133. The number of anilines is 1. The first kappa shape index (κ1) is 14.5. The number of amides is 1. The molecule has 0 bridgehead atoms. The molecule has 0 aromatic heterocycles. The molecule has 2 rings (SSSR count). The molecule has 0 spiro atoms. The molecule has 0 aliphatic carbocycles. The van der Waals surface area contributed by atoms with Crippen molar-refractivity contribution in [2.24, 2.45) is 5.16 Å². The molecule has 1 aliphatic heterocycles. The van der Waals surface area contributed by atoms with E-state index in [1.165, 1.54) is 4.90 Å². The lowest BCUT2D eigenvalue weighted by Gasteiger charge is -2.23. The van der Waals surface area contributed by atoms with E-state index in [1.807, 2.05) is 19.9 Å². The van der Waals surface area contributed by atoms with Crippen LogP contribution in [0.2, 0.25) is 0 Å². The van der Waals surface area contributed by atoms with E-state index in [2.05, 4.69) is 5.16 Å². The summed E-state index contributed by atoms with van der Waals surface area (Å²) in [6.45, 7) is 4.99. The summed E-state index contributed by atoms with van der Waals surface area (Å²) in [5.74, 6) is -0.349. The van der Waals surface area contributed by atoms with Gasteiger partial charge in [0.1, 0.15) is 0 Å². The van der Waals surface area contributed by atoms with Crippen LogP contribution >= 0.6 is 0 Å². The summed E-state index contributed by atoms with van der Waals surface area (Å²) in [4.78, 5) is 13.8. The van der Waals surface area contributed by atoms with Crippen LogP contribution in [0.3, 0.4) is 0 Å². The molecular weight excluding hydrogens is 260 g/mol. The number of ether oxygens (including phenoxy) is 2. The van der Waals surface area contributed by atoms with Crippen molar-refractivity contribution in [3.05, 3.63) is 29.8 Å². The van der Waals surface area contributed by atoms with Gasteiger partial charge in [0.2, 0.25) is 0 Å². The van der Waals surface area contributed by atoms with E-state index in [4.69, 9.17) is 14.7 Å². The van der Waals surface area contributed by atoms with Crippen LogP contribution in [0.5, 0.6) is 0 Å². The summed E-state index contributed by atoms with van der Waals surface area (Å²) < 4.78 is 10.9. The zero-order valence-electron chi connectivity index (χ0n) is 11.6. The average Bonchev–Trinajstić information content (AvgIpc) is 2.72. The minimum atomic E-state index is -0.500. The summed E-state index contributed by atoms with van der Waals surface area (Å²) in [6.07, 6.45) is -0.500. The van der Waals surface area contributed by atoms with Gasteiger partial charge in [0.25, 0.3) is 5.91 Å². The lowest BCUT2D eigenvalue weighted by atomic mass is 10.1. The highest BCUT2D eigenvalue weighted by Crippen LogP contribution is 2.29. The van der Waals surface area contributed by atoms with Gasteiger partial charge in [0, 0.05) is 18.8 Å². The number of carbonyl (C=O) groups excluding carboxylic acids is 1. The number of fused-ring (bicyclic) bond motifs is 1. The quantitative estimate of drug-likeness (QED) is 0.487. The second-order valence-electron chi connectivity index (χ2n) is 4.22. The van der Waals surface area contributed by atoms with Crippen molar-refractivity contribution in [1.82, 2.24) is 0 Å². The van der Waals surface area contributed by atoms with E-state index in [0.29, 0.717) is 24.5 Å². The van der Waals surface area contributed by atoms with E-state index >= 15 is 0 Å². The summed E-state index contributed by atoms with van der Waals surface area (Å²) in [5, 5.41) is 12.1. The van der Waals surface area contributed by atoms with Gasteiger partial charge >= 0.3 is 0 Å². The maximum absolute atomic E-state index is 12.3. The highest BCUT2D eigenvalue weighted by molar-refractivity contribution is 6.54. The number of hydrogen-bond donors (Lipinski definition) is 1. The van der Waals surface area contributed by atoms with E-state index in [0.717, 1.165) is 0 Å². The van der Waals surface area contributed by atoms with Gasteiger partial charge in [-0.1, -0.05) is 23.4 Å². The van der Waals surface area contributed by atoms with Gasteiger partial charge in [-0.05, 0) is 19.9 Å². The first-order chi connectivity index (χ1) is 9.72. The molecule has 0 atom stereocenters. The highest BCUT2D eigenvalue weighted by atomic mass is 16.7. The van der Waals surface area contributed by atoms with Crippen LogP contribution in [0.4, 0.5) is 5.69 Å². The van der Waals surface area contributed by atoms with Crippen molar-refractivity contribution < 1.29 is 19.5 Å². The highest BCUT2D eigenvalue weighted by Gasteiger charge is 2.35. The number of rotatable bonds is 6. The smallest absolute Gasteiger partial charge is 0.281 e. The molecule has 0 saturated carbocycles. The van der Waals surface area contributed by atoms with E-state index in [1.54, 1.807) is 18.2 Å². The summed E-state index contributed by atoms with van der Waals surface area (Å²) in [5.41, 5.74) is 1.37. The molecule has 1 aromatic carbocycles. The fourth-order valence-corrected chi connectivity index (χ4v) is 2.21. The second-order valence-corrected chi connectivity index (χ2v) is 4.22. The molecule has 20 heavy (non-hydrogen) atoms. The standard InChI is InChI=1S/C14H18N2O4/c1-3-19-12(20-4-2)9-16-11-8-6-5-7-10(11)13(15-18)14(16)17/h5-8,12,18H,3-4,9H2,1-2H3/b15-13-. The van der Waals surface area contributed by atoms with Gasteiger partial charge in [0.15, 0.2) is 12.0 Å². The Bertz CT molecular complexity index is 510. The molecule has 0 fully saturated rings. The average molecular weight is 278 g/mol. The number of para-hydroxylation sites is 1. The Labute approximate surface area is 117 Å². The number of nitrogens with zero attached hydrogens (tertiary/aromatic N) is 2. The number of hydrogen-bond acceptors (Lipinski definition) is 5. The van der Waals surface area contributed by atoms with Crippen LogP contribution in [0.25, 0.3) is 0 Å². The van der Waals surface area contributed by atoms with Crippen molar-refractivity contribution in [3.8, 4) is 0 Å². The van der Waals surface area contributed by atoms with Gasteiger partial charge in [-0.25, -0.2) is 0 Å². The third kappa shape index (κ3) is 2.66. The third-order valence-electron chi connectivity index (χ3n) is 3.03. The zero-order valence-corrected chi connectivity index (χ0v) is 11.6. The fourth-order valence-electron chi connectivity index (χ4n) is 2.21. The van der Waals surface area contributed by atoms with Gasteiger partial charge in [0.05, 0.1) is 12.2 Å². The molecule has 1 aliphatic rings. The maximum Gasteiger partial charge on any atom is 0.281 e. The van der Waals surface area contributed by atoms with Gasteiger partial charge in [-0.2, -0.15) is 0 Å². The van der Waals surface area contributed by atoms with E-state index in [-0.39, 0.29) is 18.2 Å². The van der Waals surface area contributed by atoms with Crippen LogP contribution in [0.1, 0.15) is 19.4 Å².